The van der Waals surface area contributed by atoms with Gasteiger partial charge in [-0.25, -0.2) is 4.68 Å². The predicted molar refractivity (Wildman–Crippen MR) is 99.5 cm³/mol. The summed E-state index contributed by atoms with van der Waals surface area (Å²) in [5.74, 6) is 0.805. The number of benzene rings is 2. The van der Waals surface area contributed by atoms with Gasteiger partial charge >= 0.3 is 0 Å². The van der Waals surface area contributed by atoms with Crippen LogP contribution in [0.5, 0.6) is 5.75 Å². The minimum Gasteiger partial charge on any atom is -0.497 e. The van der Waals surface area contributed by atoms with Crippen molar-refractivity contribution in [1.29, 1.82) is 0 Å². The summed E-state index contributed by atoms with van der Waals surface area (Å²) in [6, 6.07) is 16.5. The molecule has 0 N–H and O–H groups in total. The molecule has 0 saturated carbocycles. The molecule has 0 atom stereocenters. The molecule has 0 unspecified atom stereocenters. The normalized spacial score (nSPS) is 14.3. The van der Waals surface area contributed by atoms with E-state index in [1.807, 2.05) is 33.5 Å². The third-order valence-corrected chi connectivity index (χ3v) is 5.02. The summed E-state index contributed by atoms with van der Waals surface area (Å²) in [6.45, 7) is 2.65. The summed E-state index contributed by atoms with van der Waals surface area (Å²) in [7, 11) is 1.66. The van der Waals surface area contributed by atoms with E-state index in [1.165, 1.54) is 11.1 Å². The number of nitrogens with zero attached hydrogens (tertiary/aromatic N) is 4. The van der Waals surface area contributed by atoms with Crippen molar-refractivity contribution in [3.63, 3.8) is 0 Å². The minimum atomic E-state index is 0.687. The first-order chi connectivity index (χ1) is 12.2. The Kier molecular flexibility index (Phi) is 4.38. The van der Waals surface area contributed by atoms with Crippen LogP contribution in [0, 0.1) is 4.77 Å². The molecule has 3 aromatic rings. The molecule has 0 aliphatic carbocycles. The second-order valence-corrected chi connectivity index (χ2v) is 6.56. The van der Waals surface area contributed by atoms with Gasteiger partial charge in [-0.3, -0.25) is 9.47 Å². The molecule has 0 saturated heterocycles. The van der Waals surface area contributed by atoms with Gasteiger partial charge < -0.3 is 4.74 Å². The number of ether oxygens (including phenoxy) is 1. The number of rotatable bonds is 4. The van der Waals surface area contributed by atoms with Crippen molar-refractivity contribution in [1.82, 2.24) is 19.2 Å². The van der Waals surface area contributed by atoms with Gasteiger partial charge in [0.05, 0.1) is 19.5 Å². The van der Waals surface area contributed by atoms with Gasteiger partial charge in [0.15, 0.2) is 0 Å². The predicted octanol–water partition coefficient (Wildman–Crippen LogP) is 3.43. The molecule has 0 spiro atoms. The highest BCUT2D eigenvalue weighted by molar-refractivity contribution is 7.71. The van der Waals surface area contributed by atoms with Crippen molar-refractivity contribution in [3.05, 3.63) is 70.8 Å². The first-order valence-electron chi connectivity index (χ1n) is 8.32. The van der Waals surface area contributed by atoms with Gasteiger partial charge in [0.1, 0.15) is 12.1 Å². The second kappa shape index (κ2) is 6.82. The number of methoxy groups -OCH3 is 1. The Hall–Kier alpha value is -2.44. The third-order valence-electron chi connectivity index (χ3n) is 4.61. The van der Waals surface area contributed by atoms with E-state index in [-0.39, 0.29) is 0 Å². The van der Waals surface area contributed by atoms with Crippen LogP contribution in [0.4, 0.5) is 0 Å². The van der Waals surface area contributed by atoms with E-state index in [4.69, 9.17) is 17.0 Å². The van der Waals surface area contributed by atoms with Crippen molar-refractivity contribution >= 4 is 12.2 Å². The largest absolute Gasteiger partial charge is 0.497 e. The Labute approximate surface area is 152 Å². The monoisotopic (exact) mass is 352 g/mol. The maximum atomic E-state index is 5.63. The van der Waals surface area contributed by atoms with Crippen molar-refractivity contribution in [2.75, 3.05) is 13.7 Å². The van der Waals surface area contributed by atoms with E-state index in [9.17, 15) is 0 Å². The van der Waals surface area contributed by atoms with E-state index in [1.54, 1.807) is 13.4 Å². The highest BCUT2D eigenvalue weighted by Gasteiger charge is 2.17. The van der Waals surface area contributed by atoms with Crippen molar-refractivity contribution < 1.29 is 4.74 Å². The van der Waals surface area contributed by atoms with E-state index >= 15 is 0 Å². The zero-order chi connectivity index (χ0) is 17.2. The molecule has 5 nitrogen and oxygen atoms in total. The molecular weight excluding hydrogens is 332 g/mol. The van der Waals surface area contributed by atoms with Gasteiger partial charge in [-0.15, -0.1) is 0 Å². The molecule has 0 amide bonds. The van der Waals surface area contributed by atoms with Crippen LogP contribution in [0.1, 0.15) is 11.1 Å². The van der Waals surface area contributed by atoms with Crippen LogP contribution in [0.15, 0.2) is 54.9 Å². The van der Waals surface area contributed by atoms with Crippen LogP contribution in [0.2, 0.25) is 0 Å². The first kappa shape index (κ1) is 16.1. The molecule has 1 aliphatic heterocycles. The quantitative estimate of drug-likeness (QED) is 0.674. The molecule has 1 aromatic heterocycles. The lowest BCUT2D eigenvalue weighted by molar-refractivity contribution is 0.188. The standard InChI is InChI=1S/C19H20N4OS/c1-24-18-8-4-7-17(11-18)22-13-20-23(19(22)25)14-21-10-9-15-5-2-3-6-16(15)12-21/h2-8,11,13H,9-10,12,14H2,1H3. The van der Waals surface area contributed by atoms with Gasteiger partial charge in [0, 0.05) is 19.2 Å². The fraction of sp³-hybridized carbons (Fsp3) is 0.263. The van der Waals surface area contributed by atoms with Crippen molar-refractivity contribution in [2.45, 2.75) is 19.6 Å². The van der Waals surface area contributed by atoms with E-state index in [0.717, 1.165) is 30.9 Å². The van der Waals surface area contributed by atoms with Crippen LogP contribution in [-0.2, 0) is 19.6 Å². The van der Waals surface area contributed by atoms with Gasteiger partial charge in [-0.2, -0.15) is 5.10 Å². The summed E-state index contributed by atoms with van der Waals surface area (Å²) in [5.41, 5.74) is 3.80. The summed E-state index contributed by atoms with van der Waals surface area (Å²) in [4.78, 5) is 2.38. The van der Waals surface area contributed by atoms with Gasteiger partial charge in [-0.05, 0) is 41.9 Å². The molecule has 0 fully saturated rings. The van der Waals surface area contributed by atoms with E-state index in [2.05, 4.69) is 34.3 Å². The van der Waals surface area contributed by atoms with E-state index < -0.39 is 0 Å². The Bertz CT molecular complexity index is 946. The van der Waals surface area contributed by atoms with Gasteiger partial charge in [0.25, 0.3) is 0 Å². The molecule has 4 rings (SSSR count). The molecular formula is C19H20N4OS. The van der Waals surface area contributed by atoms with Crippen molar-refractivity contribution in [2.24, 2.45) is 0 Å². The molecule has 1 aliphatic rings. The van der Waals surface area contributed by atoms with Crippen molar-refractivity contribution in [3.8, 4) is 11.4 Å². The van der Waals surface area contributed by atoms with Crippen LogP contribution >= 0.6 is 12.2 Å². The molecule has 6 heteroatoms. The van der Waals surface area contributed by atoms with Crippen LogP contribution in [-0.4, -0.2) is 32.9 Å². The SMILES string of the molecule is COc1cccc(-n2cnn(CN3CCc4ccccc4C3)c2=S)c1. The second-order valence-electron chi connectivity index (χ2n) is 6.20. The maximum absolute atomic E-state index is 5.63. The smallest absolute Gasteiger partial charge is 0.203 e. The fourth-order valence-electron chi connectivity index (χ4n) is 3.24. The Morgan fingerprint density at radius 2 is 1.96 bits per heavy atom. The van der Waals surface area contributed by atoms with Gasteiger partial charge in [-0.1, -0.05) is 30.3 Å². The molecule has 0 bridgehead atoms. The lowest BCUT2D eigenvalue weighted by atomic mass is 10.0. The Balaban J connectivity index is 1.55. The lowest BCUT2D eigenvalue weighted by Crippen LogP contribution is -2.32. The molecule has 2 aromatic carbocycles. The average molecular weight is 352 g/mol. The summed E-state index contributed by atoms with van der Waals surface area (Å²) >= 11 is 5.63. The number of fused-ring (bicyclic) bond motifs is 1. The summed E-state index contributed by atoms with van der Waals surface area (Å²) in [5, 5.41) is 4.49. The number of aromatic nitrogens is 3. The Morgan fingerprint density at radius 3 is 2.80 bits per heavy atom. The summed E-state index contributed by atoms with van der Waals surface area (Å²) in [6.07, 6.45) is 2.84. The highest BCUT2D eigenvalue weighted by Crippen LogP contribution is 2.20. The van der Waals surface area contributed by atoms with Crippen LogP contribution in [0.3, 0.4) is 0 Å². The molecule has 2 heterocycles. The Morgan fingerprint density at radius 1 is 1.12 bits per heavy atom. The molecule has 128 valence electrons. The van der Waals surface area contributed by atoms with Gasteiger partial charge in [0.2, 0.25) is 4.77 Å². The maximum Gasteiger partial charge on any atom is 0.203 e. The number of hydrogen-bond donors (Lipinski definition) is 0. The first-order valence-corrected chi connectivity index (χ1v) is 8.73. The topological polar surface area (TPSA) is 35.2 Å². The molecule has 25 heavy (non-hydrogen) atoms. The number of hydrogen-bond acceptors (Lipinski definition) is 4. The minimum absolute atomic E-state index is 0.687. The fourth-order valence-corrected chi connectivity index (χ4v) is 3.49. The zero-order valence-electron chi connectivity index (χ0n) is 14.1. The molecule has 0 radical (unpaired) electrons. The average Bonchev–Trinajstić information content (AvgIpc) is 3.02. The van der Waals surface area contributed by atoms with Crippen LogP contribution in [0.25, 0.3) is 5.69 Å². The summed E-state index contributed by atoms with van der Waals surface area (Å²) < 4.78 is 9.77. The third kappa shape index (κ3) is 3.23. The highest BCUT2D eigenvalue weighted by atomic mass is 32.1. The zero-order valence-corrected chi connectivity index (χ0v) is 14.9. The lowest BCUT2D eigenvalue weighted by Gasteiger charge is -2.28. The van der Waals surface area contributed by atoms with E-state index in [0.29, 0.717) is 11.4 Å². The van der Waals surface area contributed by atoms with Crippen LogP contribution < -0.4 is 4.74 Å².